The van der Waals surface area contributed by atoms with Crippen LogP contribution in [0.5, 0.6) is 28.7 Å². The highest BCUT2D eigenvalue weighted by Gasteiger charge is 2.49. The van der Waals surface area contributed by atoms with Crippen LogP contribution < -0.4 is 4.74 Å². The fourth-order valence-electron chi connectivity index (χ4n) is 4.12. The van der Waals surface area contributed by atoms with Gasteiger partial charge in [-0.15, -0.1) is 0 Å². The monoisotopic (exact) mass is 492 g/mol. The van der Waals surface area contributed by atoms with Crippen LogP contribution in [-0.4, -0.2) is 79.2 Å². The third-order valence-electron chi connectivity index (χ3n) is 5.79. The van der Waals surface area contributed by atoms with E-state index in [-0.39, 0.29) is 22.6 Å². The standard InChI is InChI=1S/C23H24O12/c1-8-20(33-9(2)24)18(30)19(31)23(32-8)35-22-17(29)16-14(28)6-11(25)7-15(16)34-21(22)10-3-4-12(26)13(27)5-10/h3-8,18-23,25-28,30-31H,1-2H3/t8-,18-,19+,20-,21+,22+,23-/m0/s1. The van der Waals surface area contributed by atoms with Crippen LogP contribution in [0.4, 0.5) is 0 Å². The molecule has 2 aromatic carbocycles. The largest absolute Gasteiger partial charge is 0.508 e. The van der Waals surface area contributed by atoms with E-state index < -0.39 is 71.9 Å². The minimum atomic E-state index is -1.74. The molecule has 0 saturated carbocycles. The van der Waals surface area contributed by atoms with Crippen LogP contribution in [0.1, 0.15) is 35.9 Å². The maximum Gasteiger partial charge on any atom is 0.303 e. The minimum Gasteiger partial charge on any atom is -0.508 e. The number of fused-ring (bicyclic) bond motifs is 1. The Morgan fingerprint density at radius 2 is 1.69 bits per heavy atom. The summed E-state index contributed by atoms with van der Waals surface area (Å²) in [5, 5.41) is 60.8. The molecule has 0 radical (unpaired) electrons. The first-order valence-electron chi connectivity index (χ1n) is 10.6. The molecule has 1 saturated heterocycles. The van der Waals surface area contributed by atoms with Crippen molar-refractivity contribution in [1.82, 2.24) is 0 Å². The first-order valence-corrected chi connectivity index (χ1v) is 10.6. The minimum absolute atomic E-state index is 0.168. The second-order valence-electron chi connectivity index (χ2n) is 8.31. The van der Waals surface area contributed by atoms with Gasteiger partial charge in [-0.2, -0.15) is 0 Å². The smallest absolute Gasteiger partial charge is 0.303 e. The van der Waals surface area contributed by atoms with Gasteiger partial charge >= 0.3 is 5.97 Å². The number of ether oxygens (including phenoxy) is 4. The van der Waals surface area contributed by atoms with Gasteiger partial charge in [0.1, 0.15) is 35.0 Å². The van der Waals surface area contributed by atoms with Crippen LogP contribution in [0.2, 0.25) is 0 Å². The summed E-state index contributed by atoms with van der Waals surface area (Å²) in [5.41, 5.74) is -0.132. The molecule has 0 spiro atoms. The number of aliphatic hydroxyl groups excluding tert-OH is 2. The third kappa shape index (κ3) is 4.56. The third-order valence-corrected chi connectivity index (χ3v) is 5.79. The molecule has 0 amide bonds. The molecule has 35 heavy (non-hydrogen) atoms. The molecule has 2 aliphatic rings. The number of aliphatic hydroxyl groups is 2. The predicted molar refractivity (Wildman–Crippen MR) is 114 cm³/mol. The molecule has 7 atom stereocenters. The maximum absolute atomic E-state index is 13.4. The topological polar surface area (TPSA) is 192 Å². The lowest BCUT2D eigenvalue weighted by Crippen LogP contribution is -2.60. The van der Waals surface area contributed by atoms with E-state index in [0.29, 0.717) is 0 Å². The average molecular weight is 492 g/mol. The molecule has 0 unspecified atom stereocenters. The Morgan fingerprint density at radius 1 is 0.971 bits per heavy atom. The number of hydrogen-bond donors (Lipinski definition) is 6. The second kappa shape index (κ2) is 9.23. The number of phenolic OH excluding ortho intramolecular Hbond substituents is 4. The van der Waals surface area contributed by atoms with E-state index in [4.69, 9.17) is 18.9 Å². The van der Waals surface area contributed by atoms with Crippen molar-refractivity contribution in [2.45, 2.75) is 56.8 Å². The Balaban J connectivity index is 1.70. The van der Waals surface area contributed by atoms with Gasteiger partial charge in [0.05, 0.1) is 6.10 Å². The fourth-order valence-corrected chi connectivity index (χ4v) is 4.12. The highest BCUT2D eigenvalue weighted by molar-refractivity contribution is 6.05. The number of phenols is 4. The van der Waals surface area contributed by atoms with Gasteiger partial charge in [-0.05, 0) is 24.6 Å². The number of carbonyl (C=O) groups is 2. The zero-order valence-electron chi connectivity index (χ0n) is 18.6. The van der Waals surface area contributed by atoms with Gasteiger partial charge in [-0.1, -0.05) is 6.07 Å². The molecule has 2 heterocycles. The lowest BCUT2D eigenvalue weighted by molar-refractivity contribution is -0.306. The summed E-state index contributed by atoms with van der Waals surface area (Å²) in [4.78, 5) is 24.7. The first kappa shape index (κ1) is 24.5. The van der Waals surface area contributed by atoms with E-state index in [1.165, 1.54) is 13.0 Å². The van der Waals surface area contributed by atoms with Crippen LogP contribution in [0, 0.1) is 0 Å². The Hall–Kier alpha value is -3.58. The Morgan fingerprint density at radius 3 is 2.34 bits per heavy atom. The highest BCUT2D eigenvalue weighted by Crippen LogP contribution is 2.44. The maximum atomic E-state index is 13.4. The van der Waals surface area contributed by atoms with Crippen molar-refractivity contribution in [2.75, 3.05) is 0 Å². The van der Waals surface area contributed by atoms with Gasteiger partial charge in [0.2, 0.25) is 5.78 Å². The van der Waals surface area contributed by atoms with Crippen LogP contribution in [0.15, 0.2) is 30.3 Å². The molecule has 0 aliphatic carbocycles. The summed E-state index contributed by atoms with van der Waals surface area (Å²) in [5.74, 6) is -3.57. The van der Waals surface area contributed by atoms with Gasteiger partial charge in [0.15, 0.2) is 36.1 Å². The predicted octanol–water partition coefficient (Wildman–Crippen LogP) is 0.609. The van der Waals surface area contributed by atoms with Crippen molar-refractivity contribution in [1.29, 1.82) is 0 Å². The normalized spacial score (nSPS) is 30.3. The Labute approximate surface area is 198 Å². The summed E-state index contributed by atoms with van der Waals surface area (Å²) in [7, 11) is 0. The summed E-state index contributed by atoms with van der Waals surface area (Å²) >= 11 is 0. The molecule has 12 heteroatoms. The van der Waals surface area contributed by atoms with Crippen LogP contribution in [0.3, 0.4) is 0 Å². The number of benzene rings is 2. The molecule has 2 aromatic rings. The van der Waals surface area contributed by atoms with Crippen molar-refractivity contribution in [3.8, 4) is 28.7 Å². The summed E-state index contributed by atoms with van der Waals surface area (Å²) in [6, 6.07) is 5.68. The molecule has 0 bridgehead atoms. The van der Waals surface area contributed by atoms with E-state index in [2.05, 4.69) is 0 Å². The highest BCUT2D eigenvalue weighted by atomic mass is 16.7. The van der Waals surface area contributed by atoms with Gasteiger partial charge in [0, 0.05) is 19.1 Å². The van der Waals surface area contributed by atoms with E-state index in [0.717, 1.165) is 31.2 Å². The first-order chi connectivity index (χ1) is 16.5. The number of Topliss-reactive ketones (excluding diaryl/α,β-unsaturated/α-hetero) is 1. The van der Waals surface area contributed by atoms with Crippen molar-refractivity contribution in [3.05, 3.63) is 41.5 Å². The number of rotatable bonds is 4. The molecule has 1 fully saturated rings. The van der Waals surface area contributed by atoms with Gasteiger partial charge in [0.25, 0.3) is 0 Å². The number of aromatic hydroxyl groups is 4. The molecule has 2 aliphatic heterocycles. The van der Waals surface area contributed by atoms with Gasteiger partial charge < -0.3 is 49.6 Å². The van der Waals surface area contributed by atoms with Crippen molar-refractivity contribution in [2.24, 2.45) is 0 Å². The summed E-state index contributed by atoms with van der Waals surface area (Å²) in [6.07, 6.45) is -9.94. The zero-order valence-corrected chi connectivity index (χ0v) is 18.6. The lowest BCUT2D eigenvalue weighted by Gasteiger charge is -2.43. The molecule has 188 valence electrons. The molecule has 0 aromatic heterocycles. The van der Waals surface area contributed by atoms with Crippen molar-refractivity contribution in [3.63, 3.8) is 0 Å². The molecule has 4 rings (SSSR count). The van der Waals surface area contributed by atoms with E-state index in [1.54, 1.807) is 0 Å². The number of hydrogen-bond acceptors (Lipinski definition) is 12. The average Bonchev–Trinajstić information content (AvgIpc) is 2.77. The fraction of sp³-hybridized carbons (Fsp3) is 0.391. The summed E-state index contributed by atoms with van der Waals surface area (Å²) < 4.78 is 22.2. The Bertz CT molecular complexity index is 1150. The van der Waals surface area contributed by atoms with E-state index in [1.807, 2.05) is 0 Å². The number of ketones is 1. The Kier molecular flexibility index (Phi) is 6.47. The number of carbonyl (C=O) groups excluding carboxylic acids is 2. The van der Waals surface area contributed by atoms with Gasteiger partial charge in [-0.3, -0.25) is 9.59 Å². The van der Waals surface area contributed by atoms with Crippen molar-refractivity contribution >= 4 is 11.8 Å². The van der Waals surface area contributed by atoms with Crippen LogP contribution in [-0.2, 0) is 19.0 Å². The van der Waals surface area contributed by atoms with E-state index >= 15 is 0 Å². The SMILES string of the molecule is CC(=O)O[C@@H]1[C@@H](O)[C@@H](O)[C@H](O[C@@H]2C(=O)c3c(O)cc(O)cc3O[C@@H]2c2ccc(O)c(O)c2)O[C@H]1C. The van der Waals surface area contributed by atoms with Crippen molar-refractivity contribution < 1.29 is 59.2 Å². The molecule has 12 nitrogen and oxygen atoms in total. The van der Waals surface area contributed by atoms with Crippen LogP contribution >= 0.6 is 0 Å². The number of esters is 1. The summed E-state index contributed by atoms with van der Waals surface area (Å²) in [6.45, 7) is 2.60. The second-order valence-corrected chi connectivity index (χ2v) is 8.31. The van der Waals surface area contributed by atoms with Crippen LogP contribution in [0.25, 0.3) is 0 Å². The zero-order chi connectivity index (χ0) is 25.6. The molecular weight excluding hydrogens is 468 g/mol. The lowest BCUT2D eigenvalue weighted by atomic mass is 9.92. The van der Waals surface area contributed by atoms with E-state index in [9.17, 15) is 40.2 Å². The molecule has 6 N–H and O–H groups in total. The quantitative estimate of drug-likeness (QED) is 0.258. The van der Waals surface area contributed by atoms with Gasteiger partial charge in [-0.25, -0.2) is 0 Å². The molecular formula is C23H24O12.